The smallest absolute Gasteiger partial charge is 0.231 e. The SMILES string of the molecule is CCCCNc1nc(N2CC3CCC(CC3)C2)nc(N2CC3CCC(CC3)C2)n1. The maximum Gasteiger partial charge on any atom is 0.231 e. The Balaban J connectivity index is 1.42. The third kappa shape index (κ3) is 4.46. The van der Waals surface area contributed by atoms with Crippen LogP contribution in [-0.4, -0.2) is 47.7 Å². The van der Waals surface area contributed by atoms with Gasteiger partial charge in [-0.15, -0.1) is 0 Å². The minimum atomic E-state index is 0.784. The molecule has 4 bridgehead atoms. The quantitative estimate of drug-likeness (QED) is 0.720. The Hall–Kier alpha value is -1.59. The van der Waals surface area contributed by atoms with Crippen molar-refractivity contribution in [2.24, 2.45) is 23.7 Å². The summed E-state index contributed by atoms with van der Waals surface area (Å²) in [5.74, 6) is 5.90. The molecule has 6 nitrogen and oxygen atoms in total. The highest BCUT2D eigenvalue weighted by Gasteiger charge is 2.33. The zero-order valence-corrected chi connectivity index (χ0v) is 18.2. The van der Waals surface area contributed by atoms with Crippen LogP contribution in [-0.2, 0) is 0 Å². The first-order valence-corrected chi connectivity index (χ1v) is 12.3. The summed E-state index contributed by atoms with van der Waals surface area (Å²) in [5, 5.41) is 3.50. The normalized spacial score (nSPS) is 31.6. The van der Waals surface area contributed by atoms with Crippen LogP contribution in [0.15, 0.2) is 0 Å². The second-order valence-electron chi connectivity index (χ2n) is 10.1. The van der Waals surface area contributed by atoms with E-state index in [1.807, 2.05) is 0 Å². The molecule has 0 unspecified atom stereocenters. The fraction of sp³-hybridized carbons (Fsp3) is 0.870. The molecule has 5 heterocycles. The summed E-state index contributed by atoms with van der Waals surface area (Å²) in [4.78, 5) is 19.9. The van der Waals surface area contributed by atoms with E-state index in [1.165, 1.54) is 57.8 Å². The van der Waals surface area contributed by atoms with Gasteiger partial charge in [0.05, 0.1) is 0 Å². The van der Waals surface area contributed by atoms with Gasteiger partial charge in [0, 0.05) is 32.7 Å². The summed E-state index contributed by atoms with van der Waals surface area (Å²) in [5.41, 5.74) is 0. The van der Waals surface area contributed by atoms with Gasteiger partial charge in [-0.1, -0.05) is 13.3 Å². The predicted octanol–water partition coefficient (Wildman–Crippen LogP) is 4.34. The summed E-state index contributed by atoms with van der Waals surface area (Å²) in [6.07, 6.45) is 13.4. The van der Waals surface area contributed by atoms with Crippen molar-refractivity contribution in [3.63, 3.8) is 0 Å². The second kappa shape index (κ2) is 8.65. The second-order valence-corrected chi connectivity index (χ2v) is 10.1. The first-order chi connectivity index (χ1) is 14.3. The Bertz CT molecular complexity index is 600. The predicted molar refractivity (Wildman–Crippen MR) is 119 cm³/mol. The largest absolute Gasteiger partial charge is 0.354 e. The van der Waals surface area contributed by atoms with E-state index in [1.54, 1.807) is 0 Å². The molecular formula is C23H38N6. The summed E-state index contributed by atoms with van der Waals surface area (Å²) < 4.78 is 0. The Labute approximate surface area is 175 Å². The van der Waals surface area contributed by atoms with Crippen LogP contribution >= 0.6 is 0 Å². The molecule has 0 spiro atoms. The molecule has 6 heteroatoms. The maximum atomic E-state index is 5.08. The maximum absolute atomic E-state index is 5.08. The van der Waals surface area contributed by atoms with Crippen LogP contribution in [0.1, 0.15) is 71.1 Å². The van der Waals surface area contributed by atoms with Gasteiger partial charge in [0.2, 0.25) is 17.8 Å². The van der Waals surface area contributed by atoms with E-state index in [0.717, 1.165) is 80.7 Å². The third-order valence-corrected chi connectivity index (χ3v) is 7.84. The number of nitrogens with one attached hydrogen (secondary N) is 1. The van der Waals surface area contributed by atoms with Gasteiger partial charge < -0.3 is 15.1 Å². The van der Waals surface area contributed by atoms with Crippen LogP contribution in [0, 0.1) is 23.7 Å². The lowest BCUT2D eigenvalue weighted by atomic mass is 9.84. The number of hydrogen-bond acceptors (Lipinski definition) is 6. The highest BCUT2D eigenvalue weighted by Crippen LogP contribution is 2.37. The van der Waals surface area contributed by atoms with E-state index in [9.17, 15) is 0 Å². The fourth-order valence-corrected chi connectivity index (χ4v) is 6.01. The van der Waals surface area contributed by atoms with E-state index < -0.39 is 0 Å². The van der Waals surface area contributed by atoms with Crippen LogP contribution in [0.5, 0.6) is 0 Å². The van der Waals surface area contributed by atoms with Gasteiger partial charge in [-0.25, -0.2) is 0 Å². The lowest BCUT2D eigenvalue weighted by Gasteiger charge is -2.27. The number of hydrogen-bond donors (Lipinski definition) is 1. The molecule has 2 aliphatic carbocycles. The average molecular weight is 399 g/mol. The summed E-state index contributed by atoms with van der Waals surface area (Å²) in [6.45, 7) is 7.67. The molecule has 1 N–H and O–H groups in total. The molecule has 7 rings (SSSR count). The molecule has 2 saturated carbocycles. The van der Waals surface area contributed by atoms with Crippen molar-refractivity contribution in [2.45, 2.75) is 71.1 Å². The van der Waals surface area contributed by atoms with E-state index >= 15 is 0 Å². The average Bonchev–Trinajstić information content (AvgIpc) is 3.25. The number of aromatic nitrogens is 3. The molecular weight excluding hydrogens is 360 g/mol. The number of unbranched alkanes of at least 4 members (excludes halogenated alkanes) is 1. The Morgan fingerprint density at radius 1 is 0.690 bits per heavy atom. The van der Waals surface area contributed by atoms with Gasteiger partial charge in [0.1, 0.15) is 0 Å². The topological polar surface area (TPSA) is 57.2 Å². The summed E-state index contributed by atoms with van der Waals surface area (Å²) in [7, 11) is 0. The number of nitrogens with zero attached hydrogens (tertiary/aromatic N) is 5. The minimum Gasteiger partial charge on any atom is -0.354 e. The molecule has 0 atom stereocenters. The van der Waals surface area contributed by atoms with Crippen LogP contribution in [0.3, 0.4) is 0 Å². The molecule has 4 aliphatic heterocycles. The van der Waals surface area contributed by atoms with Crippen molar-refractivity contribution in [2.75, 3.05) is 47.8 Å². The molecule has 0 radical (unpaired) electrons. The van der Waals surface area contributed by atoms with Crippen molar-refractivity contribution in [3.8, 4) is 0 Å². The Kier molecular flexibility index (Phi) is 5.78. The van der Waals surface area contributed by atoms with Gasteiger partial charge in [-0.3, -0.25) is 0 Å². The van der Waals surface area contributed by atoms with Crippen molar-refractivity contribution >= 4 is 17.8 Å². The zero-order valence-electron chi connectivity index (χ0n) is 18.2. The molecule has 29 heavy (non-hydrogen) atoms. The third-order valence-electron chi connectivity index (χ3n) is 7.84. The van der Waals surface area contributed by atoms with Crippen molar-refractivity contribution in [3.05, 3.63) is 0 Å². The van der Waals surface area contributed by atoms with Crippen LogP contribution in [0.25, 0.3) is 0 Å². The van der Waals surface area contributed by atoms with Crippen molar-refractivity contribution in [1.82, 2.24) is 15.0 Å². The van der Waals surface area contributed by atoms with Gasteiger partial charge >= 0.3 is 0 Å². The standard InChI is InChI=1S/C23H38N6/c1-2-3-12-24-21-25-22(28-13-17-4-5-18(14-28)7-6-17)27-23(26-21)29-15-19-8-9-20(16-29)11-10-19/h17-20H,2-16H2,1H3,(H,24,25,26,27). The Morgan fingerprint density at radius 3 is 1.48 bits per heavy atom. The fourth-order valence-electron chi connectivity index (χ4n) is 6.01. The van der Waals surface area contributed by atoms with E-state index in [2.05, 4.69) is 22.0 Å². The highest BCUT2D eigenvalue weighted by atomic mass is 15.4. The minimum absolute atomic E-state index is 0.784. The van der Waals surface area contributed by atoms with Gasteiger partial charge in [-0.05, 0) is 81.5 Å². The number of anilines is 3. The number of rotatable bonds is 6. The van der Waals surface area contributed by atoms with Gasteiger partial charge in [0.25, 0.3) is 0 Å². The summed E-state index contributed by atoms with van der Waals surface area (Å²) in [6, 6.07) is 0. The molecule has 1 aromatic rings. The lowest BCUT2D eigenvalue weighted by Crippen LogP contribution is -2.33. The van der Waals surface area contributed by atoms with E-state index in [0.29, 0.717) is 0 Å². The number of fused-ring (bicyclic) bond motifs is 8. The molecule has 6 aliphatic rings. The van der Waals surface area contributed by atoms with E-state index in [-0.39, 0.29) is 0 Å². The molecule has 6 fully saturated rings. The monoisotopic (exact) mass is 398 g/mol. The van der Waals surface area contributed by atoms with Crippen molar-refractivity contribution in [1.29, 1.82) is 0 Å². The first-order valence-electron chi connectivity index (χ1n) is 12.3. The highest BCUT2D eigenvalue weighted by molar-refractivity contribution is 5.46. The molecule has 4 saturated heterocycles. The van der Waals surface area contributed by atoms with Crippen LogP contribution < -0.4 is 15.1 Å². The zero-order chi connectivity index (χ0) is 19.6. The Morgan fingerprint density at radius 2 is 1.10 bits per heavy atom. The first kappa shape index (κ1) is 19.4. The van der Waals surface area contributed by atoms with Gasteiger partial charge in [0.15, 0.2) is 0 Å². The van der Waals surface area contributed by atoms with Crippen molar-refractivity contribution < 1.29 is 0 Å². The molecule has 160 valence electrons. The molecule has 1 aromatic heterocycles. The van der Waals surface area contributed by atoms with E-state index in [4.69, 9.17) is 15.0 Å². The van der Waals surface area contributed by atoms with Crippen LogP contribution in [0.2, 0.25) is 0 Å². The van der Waals surface area contributed by atoms with Gasteiger partial charge in [-0.2, -0.15) is 15.0 Å². The van der Waals surface area contributed by atoms with Crippen LogP contribution in [0.4, 0.5) is 17.8 Å². The summed E-state index contributed by atoms with van der Waals surface area (Å²) >= 11 is 0. The molecule has 0 aromatic carbocycles. The molecule has 0 amide bonds. The lowest BCUT2D eigenvalue weighted by molar-refractivity contribution is 0.326.